The van der Waals surface area contributed by atoms with Crippen molar-refractivity contribution in [2.75, 3.05) is 13.1 Å². The van der Waals surface area contributed by atoms with Gasteiger partial charge in [-0.3, -0.25) is 9.78 Å². The standard InChI is InChI=1S/C17H16F3N3O/c18-17(19,20)14-4-2-1-3-13(14)12-5-9-23(10-6-12)16(24)15-11-21-7-8-22-15/h1-4,7-8,11-12H,5-6,9-10H2. The summed E-state index contributed by atoms with van der Waals surface area (Å²) in [5, 5.41) is 0. The minimum absolute atomic E-state index is 0.200. The van der Waals surface area contributed by atoms with Gasteiger partial charge in [-0.2, -0.15) is 13.2 Å². The second-order valence-electron chi connectivity index (χ2n) is 5.74. The first-order valence-electron chi connectivity index (χ1n) is 7.68. The molecule has 0 N–H and O–H groups in total. The van der Waals surface area contributed by atoms with E-state index in [9.17, 15) is 18.0 Å². The second kappa shape index (κ2) is 6.59. The topological polar surface area (TPSA) is 46.1 Å². The quantitative estimate of drug-likeness (QED) is 0.844. The number of nitrogens with zero attached hydrogens (tertiary/aromatic N) is 3. The summed E-state index contributed by atoms with van der Waals surface area (Å²) in [6.45, 7) is 0.818. The Bertz CT molecular complexity index is 711. The number of benzene rings is 1. The fraction of sp³-hybridized carbons (Fsp3) is 0.353. The average Bonchev–Trinajstić information content (AvgIpc) is 2.61. The summed E-state index contributed by atoms with van der Waals surface area (Å²) < 4.78 is 39.4. The summed E-state index contributed by atoms with van der Waals surface area (Å²) in [4.78, 5) is 21.8. The molecule has 0 bridgehead atoms. The van der Waals surface area contributed by atoms with Crippen molar-refractivity contribution in [1.82, 2.24) is 14.9 Å². The Morgan fingerprint density at radius 2 is 1.83 bits per heavy atom. The predicted molar refractivity (Wildman–Crippen MR) is 81.4 cm³/mol. The normalized spacial score (nSPS) is 16.2. The number of halogens is 3. The maximum Gasteiger partial charge on any atom is 0.416 e. The molecule has 1 aliphatic heterocycles. The van der Waals surface area contributed by atoms with Crippen LogP contribution in [0.3, 0.4) is 0 Å². The highest BCUT2D eigenvalue weighted by atomic mass is 19.4. The number of rotatable bonds is 2. The number of alkyl halides is 3. The largest absolute Gasteiger partial charge is 0.416 e. The van der Waals surface area contributed by atoms with E-state index in [1.165, 1.54) is 30.7 Å². The molecule has 24 heavy (non-hydrogen) atoms. The molecule has 3 rings (SSSR count). The summed E-state index contributed by atoms with van der Waals surface area (Å²) in [5.74, 6) is -0.431. The van der Waals surface area contributed by atoms with Crippen LogP contribution in [0.1, 0.15) is 40.4 Å². The minimum Gasteiger partial charge on any atom is -0.337 e. The average molecular weight is 335 g/mol. The van der Waals surface area contributed by atoms with Gasteiger partial charge < -0.3 is 4.90 Å². The third-order valence-corrected chi connectivity index (χ3v) is 4.27. The number of hydrogen-bond acceptors (Lipinski definition) is 3. The molecule has 4 nitrogen and oxygen atoms in total. The van der Waals surface area contributed by atoms with Crippen LogP contribution < -0.4 is 0 Å². The van der Waals surface area contributed by atoms with Gasteiger partial charge in [-0.1, -0.05) is 18.2 Å². The maximum absolute atomic E-state index is 13.1. The van der Waals surface area contributed by atoms with Crippen LogP contribution in [0.15, 0.2) is 42.9 Å². The van der Waals surface area contributed by atoms with Gasteiger partial charge in [0, 0.05) is 25.5 Å². The van der Waals surface area contributed by atoms with Gasteiger partial charge in [0.2, 0.25) is 0 Å². The monoisotopic (exact) mass is 335 g/mol. The van der Waals surface area contributed by atoms with Crippen LogP contribution in [-0.4, -0.2) is 33.9 Å². The lowest BCUT2D eigenvalue weighted by Crippen LogP contribution is -2.38. The molecule has 1 aromatic heterocycles. The van der Waals surface area contributed by atoms with Gasteiger partial charge in [0.25, 0.3) is 5.91 Å². The fourth-order valence-electron chi connectivity index (χ4n) is 3.08. The van der Waals surface area contributed by atoms with Crippen LogP contribution >= 0.6 is 0 Å². The van der Waals surface area contributed by atoms with Crippen LogP contribution in [0.5, 0.6) is 0 Å². The molecule has 7 heteroatoms. The Hall–Kier alpha value is -2.44. The van der Waals surface area contributed by atoms with E-state index in [1.807, 2.05) is 0 Å². The van der Waals surface area contributed by atoms with Gasteiger partial charge in [0.05, 0.1) is 11.8 Å². The number of amides is 1. The van der Waals surface area contributed by atoms with Crippen molar-refractivity contribution < 1.29 is 18.0 Å². The summed E-state index contributed by atoms with van der Waals surface area (Å²) in [6, 6.07) is 5.68. The van der Waals surface area contributed by atoms with Crippen LogP contribution in [0.25, 0.3) is 0 Å². The lowest BCUT2D eigenvalue weighted by atomic mass is 9.86. The zero-order valence-corrected chi connectivity index (χ0v) is 12.8. The van der Waals surface area contributed by atoms with E-state index < -0.39 is 11.7 Å². The third-order valence-electron chi connectivity index (χ3n) is 4.27. The molecule has 0 radical (unpaired) electrons. The van der Waals surface area contributed by atoms with Crippen LogP contribution in [0.2, 0.25) is 0 Å². The van der Waals surface area contributed by atoms with Crippen molar-refractivity contribution in [3.8, 4) is 0 Å². The van der Waals surface area contributed by atoms with E-state index in [4.69, 9.17) is 0 Å². The third kappa shape index (κ3) is 3.39. The highest BCUT2D eigenvalue weighted by Crippen LogP contribution is 2.38. The Morgan fingerprint density at radius 3 is 2.46 bits per heavy atom. The number of piperidine rings is 1. The van der Waals surface area contributed by atoms with E-state index in [0.717, 1.165) is 6.07 Å². The molecule has 0 spiro atoms. The second-order valence-corrected chi connectivity index (χ2v) is 5.74. The first kappa shape index (κ1) is 16.4. The van der Waals surface area contributed by atoms with Crippen molar-refractivity contribution in [3.63, 3.8) is 0 Å². The van der Waals surface area contributed by atoms with E-state index in [-0.39, 0.29) is 17.5 Å². The van der Waals surface area contributed by atoms with Gasteiger partial charge in [0.15, 0.2) is 0 Å². The zero-order chi connectivity index (χ0) is 17.2. The van der Waals surface area contributed by atoms with Crippen molar-refractivity contribution in [2.45, 2.75) is 24.9 Å². The fourth-order valence-corrected chi connectivity index (χ4v) is 3.08. The van der Waals surface area contributed by atoms with Gasteiger partial charge >= 0.3 is 6.18 Å². The Labute approximate surface area is 137 Å². The summed E-state index contributed by atoms with van der Waals surface area (Å²) in [6.07, 6.45) is 0.964. The van der Waals surface area contributed by atoms with Crippen molar-refractivity contribution >= 4 is 5.91 Å². The summed E-state index contributed by atoms with van der Waals surface area (Å²) in [7, 11) is 0. The highest BCUT2D eigenvalue weighted by molar-refractivity contribution is 5.92. The van der Waals surface area contributed by atoms with E-state index in [2.05, 4.69) is 9.97 Å². The molecular weight excluding hydrogens is 319 g/mol. The Balaban J connectivity index is 1.71. The molecule has 126 valence electrons. The smallest absolute Gasteiger partial charge is 0.337 e. The van der Waals surface area contributed by atoms with Crippen molar-refractivity contribution in [1.29, 1.82) is 0 Å². The molecule has 0 saturated carbocycles. The van der Waals surface area contributed by atoms with Crippen molar-refractivity contribution in [3.05, 3.63) is 59.7 Å². The molecule has 1 aromatic carbocycles. The first-order chi connectivity index (χ1) is 11.5. The van der Waals surface area contributed by atoms with Crippen LogP contribution in [-0.2, 0) is 6.18 Å². The van der Waals surface area contributed by atoms with Crippen LogP contribution in [0, 0.1) is 0 Å². The molecule has 1 amide bonds. The number of aromatic nitrogens is 2. The SMILES string of the molecule is O=C(c1cnccn1)N1CCC(c2ccccc2C(F)(F)F)CC1. The van der Waals surface area contributed by atoms with Crippen LogP contribution in [0.4, 0.5) is 13.2 Å². The van der Waals surface area contributed by atoms with E-state index in [0.29, 0.717) is 31.5 Å². The summed E-state index contributed by atoms with van der Waals surface area (Å²) in [5.41, 5.74) is -0.00746. The van der Waals surface area contributed by atoms with Gasteiger partial charge in [-0.05, 0) is 30.4 Å². The molecule has 2 heterocycles. The minimum atomic E-state index is -4.36. The highest BCUT2D eigenvalue weighted by Gasteiger charge is 2.36. The number of carbonyl (C=O) groups excluding carboxylic acids is 1. The lowest BCUT2D eigenvalue weighted by Gasteiger charge is -2.33. The van der Waals surface area contributed by atoms with Gasteiger partial charge in [-0.25, -0.2) is 4.98 Å². The Kier molecular flexibility index (Phi) is 4.51. The zero-order valence-electron chi connectivity index (χ0n) is 12.8. The predicted octanol–water partition coefficient (Wildman–Crippen LogP) is 3.52. The Morgan fingerprint density at radius 1 is 1.12 bits per heavy atom. The number of hydrogen-bond donors (Lipinski definition) is 0. The van der Waals surface area contributed by atoms with Gasteiger partial charge in [0.1, 0.15) is 5.69 Å². The lowest BCUT2D eigenvalue weighted by molar-refractivity contribution is -0.138. The van der Waals surface area contributed by atoms with Gasteiger partial charge in [-0.15, -0.1) is 0 Å². The molecule has 1 saturated heterocycles. The molecule has 2 aromatic rings. The molecule has 1 fully saturated rings. The molecule has 1 aliphatic rings. The molecule has 0 aliphatic carbocycles. The summed E-state index contributed by atoms with van der Waals surface area (Å²) >= 11 is 0. The molecule has 0 unspecified atom stereocenters. The number of carbonyl (C=O) groups is 1. The maximum atomic E-state index is 13.1. The molecular formula is C17H16F3N3O. The number of likely N-dealkylation sites (tertiary alicyclic amines) is 1. The van der Waals surface area contributed by atoms with E-state index in [1.54, 1.807) is 11.0 Å². The first-order valence-corrected chi connectivity index (χ1v) is 7.68. The van der Waals surface area contributed by atoms with Crippen molar-refractivity contribution in [2.24, 2.45) is 0 Å². The van der Waals surface area contributed by atoms with E-state index >= 15 is 0 Å². The molecule has 0 atom stereocenters.